The van der Waals surface area contributed by atoms with Crippen LogP contribution < -0.4 is 5.32 Å². The van der Waals surface area contributed by atoms with Crippen molar-refractivity contribution in [1.82, 2.24) is 4.98 Å². The van der Waals surface area contributed by atoms with E-state index in [0.717, 1.165) is 5.69 Å². The smallest absolute Gasteiger partial charge is 0.131 e. The Balaban J connectivity index is 2.00. The van der Waals surface area contributed by atoms with Crippen molar-refractivity contribution in [1.29, 1.82) is 0 Å². The maximum atomic E-state index is 5.77. The summed E-state index contributed by atoms with van der Waals surface area (Å²) < 4.78 is 0. The number of nitrogens with zero attached hydrogens (tertiary/aromatic N) is 1. The monoisotopic (exact) mass is 214 g/mol. The maximum Gasteiger partial charge on any atom is 0.131 e. The number of hydrogen-bond donors (Lipinski definition) is 1. The summed E-state index contributed by atoms with van der Waals surface area (Å²) in [6, 6.07) is 4.42. The average molecular weight is 215 g/mol. The predicted molar refractivity (Wildman–Crippen MR) is 58.6 cm³/mol. The molecule has 1 fully saturated rings. The number of pyridine rings is 1. The molecule has 1 saturated heterocycles. The van der Waals surface area contributed by atoms with Crippen LogP contribution in [0, 0.1) is 0 Å². The first-order chi connectivity index (χ1) is 6.34. The van der Waals surface area contributed by atoms with Gasteiger partial charge in [-0.15, -0.1) is 0 Å². The molecule has 0 bridgehead atoms. The lowest BCUT2D eigenvalue weighted by Crippen LogP contribution is -2.17. The van der Waals surface area contributed by atoms with Crippen LogP contribution in [0.4, 0.5) is 5.69 Å². The average Bonchev–Trinajstić information content (AvgIpc) is 2.57. The van der Waals surface area contributed by atoms with Crippen LogP contribution in [0.1, 0.15) is 6.42 Å². The van der Waals surface area contributed by atoms with E-state index in [9.17, 15) is 0 Å². The Hall–Kier alpha value is -0.410. The summed E-state index contributed by atoms with van der Waals surface area (Å²) in [4.78, 5) is 3.93. The lowest BCUT2D eigenvalue weighted by Gasteiger charge is -2.12. The van der Waals surface area contributed by atoms with Crippen LogP contribution in [0.3, 0.4) is 0 Å². The summed E-state index contributed by atoms with van der Waals surface area (Å²) >= 11 is 7.77. The third-order valence-corrected chi connectivity index (χ3v) is 3.40. The van der Waals surface area contributed by atoms with Gasteiger partial charge in [-0.2, -0.15) is 11.8 Å². The van der Waals surface area contributed by atoms with Crippen LogP contribution in [-0.4, -0.2) is 22.5 Å². The zero-order chi connectivity index (χ0) is 9.10. The maximum absolute atomic E-state index is 5.77. The van der Waals surface area contributed by atoms with Crippen molar-refractivity contribution in [2.75, 3.05) is 16.8 Å². The quantitative estimate of drug-likeness (QED) is 0.767. The van der Waals surface area contributed by atoms with Crippen LogP contribution in [0.25, 0.3) is 0 Å². The third-order valence-electron chi connectivity index (χ3n) is 2.03. The van der Waals surface area contributed by atoms with Gasteiger partial charge in [0.2, 0.25) is 0 Å². The number of rotatable bonds is 2. The molecule has 1 aromatic heterocycles. The summed E-state index contributed by atoms with van der Waals surface area (Å²) in [5.41, 5.74) is 1.08. The topological polar surface area (TPSA) is 24.9 Å². The van der Waals surface area contributed by atoms with Crippen molar-refractivity contribution >= 4 is 29.1 Å². The van der Waals surface area contributed by atoms with E-state index in [4.69, 9.17) is 11.6 Å². The van der Waals surface area contributed by atoms with Crippen molar-refractivity contribution < 1.29 is 0 Å². The van der Waals surface area contributed by atoms with Crippen molar-refractivity contribution in [2.45, 2.75) is 12.5 Å². The van der Waals surface area contributed by atoms with E-state index in [1.807, 2.05) is 23.9 Å². The van der Waals surface area contributed by atoms with Crippen molar-refractivity contribution in [3.63, 3.8) is 0 Å². The summed E-state index contributed by atoms with van der Waals surface area (Å²) in [7, 11) is 0. The largest absolute Gasteiger partial charge is 0.381 e. The van der Waals surface area contributed by atoms with Crippen LogP contribution in [0.5, 0.6) is 0 Å². The van der Waals surface area contributed by atoms with E-state index in [0.29, 0.717) is 11.2 Å². The molecule has 2 nitrogen and oxygen atoms in total. The molecule has 1 N–H and O–H groups in total. The molecule has 0 saturated carbocycles. The predicted octanol–water partition coefficient (Wildman–Crippen LogP) is 2.65. The van der Waals surface area contributed by atoms with E-state index >= 15 is 0 Å². The second-order valence-corrected chi connectivity index (χ2v) is 4.61. The molecule has 1 aliphatic heterocycles. The van der Waals surface area contributed by atoms with E-state index in [-0.39, 0.29) is 0 Å². The van der Waals surface area contributed by atoms with E-state index in [1.165, 1.54) is 17.9 Å². The summed E-state index contributed by atoms with van der Waals surface area (Å²) in [5, 5.41) is 3.99. The Morgan fingerprint density at radius 1 is 1.62 bits per heavy atom. The van der Waals surface area contributed by atoms with Gasteiger partial charge in [-0.1, -0.05) is 11.6 Å². The molecule has 0 aromatic carbocycles. The SMILES string of the molecule is Clc1cc(NC2CCSC2)ccn1. The summed E-state index contributed by atoms with van der Waals surface area (Å²) in [5.74, 6) is 2.45. The molecule has 0 amide bonds. The highest BCUT2D eigenvalue weighted by Crippen LogP contribution is 2.21. The molecule has 1 aromatic rings. The molecule has 0 radical (unpaired) electrons. The minimum atomic E-state index is 0.552. The molecule has 1 unspecified atom stereocenters. The number of nitrogens with one attached hydrogen (secondary N) is 1. The van der Waals surface area contributed by atoms with Crippen LogP contribution >= 0.6 is 23.4 Å². The minimum absolute atomic E-state index is 0.552. The Labute approximate surface area is 87.1 Å². The zero-order valence-electron chi connectivity index (χ0n) is 7.16. The highest BCUT2D eigenvalue weighted by molar-refractivity contribution is 7.99. The van der Waals surface area contributed by atoms with Crippen molar-refractivity contribution in [3.8, 4) is 0 Å². The van der Waals surface area contributed by atoms with Gasteiger partial charge in [0.05, 0.1) is 0 Å². The molecule has 70 valence electrons. The number of hydrogen-bond acceptors (Lipinski definition) is 3. The van der Waals surface area contributed by atoms with E-state index in [1.54, 1.807) is 6.20 Å². The Kier molecular flexibility index (Phi) is 2.96. The lowest BCUT2D eigenvalue weighted by molar-refractivity contribution is 0.813. The van der Waals surface area contributed by atoms with Gasteiger partial charge in [-0.05, 0) is 24.3 Å². The van der Waals surface area contributed by atoms with Crippen LogP contribution in [0.15, 0.2) is 18.3 Å². The molecular weight excluding hydrogens is 204 g/mol. The van der Waals surface area contributed by atoms with Gasteiger partial charge in [-0.3, -0.25) is 0 Å². The van der Waals surface area contributed by atoms with Gasteiger partial charge in [0.15, 0.2) is 0 Å². The van der Waals surface area contributed by atoms with Crippen LogP contribution in [0.2, 0.25) is 5.15 Å². The van der Waals surface area contributed by atoms with Gasteiger partial charge in [0, 0.05) is 23.7 Å². The first-order valence-electron chi connectivity index (χ1n) is 4.30. The molecule has 2 heterocycles. The number of halogens is 1. The van der Waals surface area contributed by atoms with Gasteiger partial charge < -0.3 is 5.32 Å². The molecular formula is C9H11ClN2S. The van der Waals surface area contributed by atoms with Gasteiger partial charge >= 0.3 is 0 Å². The standard InChI is InChI=1S/C9H11ClN2S/c10-9-5-7(1-3-11-9)12-8-2-4-13-6-8/h1,3,5,8H,2,4,6H2,(H,11,12). The normalized spacial score (nSPS) is 21.8. The number of anilines is 1. The fraction of sp³-hybridized carbons (Fsp3) is 0.444. The Morgan fingerprint density at radius 3 is 3.23 bits per heavy atom. The molecule has 4 heteroatoms. The first-order valence-corrected chi connectivity index (χ1v) is 5.84. The number of aromatic nitrogens is 1. The number of thioether (sulfide) groups is 1. The van der Waals surface area contributed by atoms with E-state index in [2.05, 4.69) is 10.3 Å². The van der Waals surface area contributed by atoms with Gasteiger partial charge in [0.25, 0.3) is 0 Å². The van der Waals surface area contributed by atoms with Crippen LogP contribution in [-0.2, 0) is 0 Å². The highest BCUT2D eigenvalue weighted by atomic mass is 35.5. The Bertz CT molecular complexity index is 287. The fourth-order valence-corrected chi connectivity index (χ4v) is 2.70. The highest BCUT2D eigenvalue weighted by Gasteiger charge is 2.14. The Morgan fingerprint density at radius 2 is 2.54 bits per heavy atom. The second kappa shape index (κ2) is 4.20. The molecule has 2 rings (SSSR count). The van der Waals surface area contributed by atoms with Gasteiger partial charge in [-0.25, -0.2) is 4.98 Å². The third kappa shape index (κ3) is 2.51. The van der Waals surface area contributed by atoms with Crippen molar-refractivity contribution in [2.24, 2.45) is 0 Å². The molecule has 0 spiro atoms. The molecule has 1 aliphatic rings. The molecule has 13 heavy (non-hydrogen) atoms. The minimum Gasteiger partial charge on any atom is -0.381 e. The summed E-state index contributed by atoms with van der Waals surface area (Å²) in [6.07, 6.45) is 2.97. The second-order valence-electron chi connectivity index (χ2n) is 3.07. The summed E-state index contributed by atoms with van der Waals surface area (Å²) in [6.45, 7) is 0. The zero-order valence-corrected chi connectivity index (χ0v) is 8.74. The lowest BCUT2D eigenvalue weighted by atomic mass is 10.2. The van der Waals surface area contributed by atoms with Gasteiger partial charge in [0.1, 0.15) is 5.15 Å². The fourth-order valence-electron chi connectivity index (χ4n) is 1.38. The molecule has 1 atom stereocenters. The van der Waals surface area contributed by atoms with E-state index < -0.39 is 0 Å². The first kappa shape index (κ1) is 9.16. The molecule has 0 aliphatic carbocycles. The van der Waals surface area contributed by atoms with Crippen molar-refractivity contribution in [3.05, 3.63) is 23.5 Å².